The second-order valence-electron chi connectivity index (χ2n) is 5.27. The largest absolute Gasteiger partial charge is 0.490 e. The summed E-state index contributed by atoms with van der Waals surface area (Å²) in [6.45, 7) is 2.93. The van der Waals surface area contributed by atoms with Gasteiger partial charge in [-0.25, -0.2) is 0 Å². The van der Waals surface area contributed by atoms with Crippen LogP contribution in [-0.2, 0) is 11.8 Å². The number of rotatable bonds is 3. The highest BCUT2D eigenvalue weighted by molar-refractivity contribution is 5.44. The van der Waals surface area contributed by atoms with E-state index in [2.05, 4.69) is 25.1 Å². The molecule has 1 aliphatic heterocycles. The maximum absolute atomic E-state index is 5.73. The highest BCUT2D eigenvalue weighted by Crippen LogP contribution is 2.51. The van der Waals surface area contributed by atoms with Crippen molar-refractivity contribution in [3.63, 3.8) is 0 Å². The Labute approximate surface area is 96.8 Å². The fourth-order valence-corrected chi connectivity index (χ4v) is 2.86. The van der Waals surface area contributed by atoms with Crippen LogP contribution in [0, 0.1) is 0 Å². The van der Waals surface area contributed by atoms with E-state index >= 15 is 0 Å². The molecule has 16 heavy (non-hydrogen) atoms. The van der Waals surface area contributed by atoms with Gasteiger partial charge >= 0.3 is 0 Å². The third-order valence-corrected chi connectivity index (χ3v) is 3.98. The number of fused-ring (bicyclic) bond motifs is 1. The fourth-order valence-electron chi connectivity index (χ4n) is 2.86. The van der Waals surface area contributed by atoms with Crippen LogP contribution >= 0.6 is 0 Å². The predicted molar refractivity (Wildman–Crippen MR) is 64.8 cm³/mol. The summed E-state index contributed by atoms with van der Waals surface area (Å²) in [5.74, 6) is 1.08. The van der Waals surface area contributed by atoms with Crippen molar-refractivity contribution in [2.45, 2.75) is 44.1 Å². The summed E-state index contributed by atoms with van der Waals surface area (Å²) >= 11 is 0. The third kappa shape index (κ3) is 1.52. The molecule has 2 aliphatic rings. The summed E-state index contributed by atoms with van der Waals surface area (Å²) in [6, 6.07) is 6.73. The van der Waals surface area contributed by atoms with E-state index in [1.807, 2.05) is 0 Å². The van der Waals surface area contributed by atoms with Gasteiger partial charge in [0, 0.05) is 6.42 Å². The molecule has 1 atom stereocenters. The Morgan fingerprint density at radius 1 is 1.44 bits per heavy atom. The number of hydrogen-bond acceptors (Lipinski definition) is 2. The average Bonchev–Trinajstić information content (AvgIpc) is 2.93. The van der Waals surface area contributed by atoms with Gasteiger partial charge in [-0.1, -0.05) is 12.1 Å². The molecule has 0 saturated heterocycles. The third-order valence-electron chi connectivity index (χ3n) is 3.98. The summed E-state index contributed by atoms with van der Waals surface area (Å²) in [5.41, 5.74) is 8.98. The number of hydrogen-bond donors (Lipinski definition) is 1. The van der Waals surface area contributed by atoms with E-state index in [1.54, 1.807) is 0 Å². The summed E-state index contributed by atoms with van der Waals surface area (Å²) in [6.07, 6.45) is 5.14. The average molecular weight is 217 g/mol. The Morgan fingerprint density at radius 3 is 2.94 bits per heavy atom. The van der Waals surface area contributed by atoms with Crippen molar-refractivity contribution in [1.29, 1.82) is 0 Å². The molecule has 2 heteroatoms. The van der Waals surface area contributed by atoms with E-state index in [9.17, 15) is 0 Å². The lowest BCUT2D eigenvalue weighted by molar-refractivity contribution is 0.254. The van der Waals surface area contributed by atoms with Crippen LogP contribution in [0.5, 0.6) is 5.75 Å². The van der Waals surface area contributed by atoms with Gasteiger partial charge in [0.05, 0.1) is 0 Å². The molecule has 86 valence electrons. The monoisotopic (exact) mass is 217 g/mol. The topological polar surface area (TPSA) is 35.2 Å². The molecule has 0 amide bonds. The van der Waals surface area contributed by atoms with Crippen molar-refractivity contribution in [3.05, 3.63) is 29.3 Å². The molecule has 0 bridgehead atoms. The smallest absolute Gasteiger partial charge is 0.123 e. The minimum atomic E-state index is 0.343. The molecule has 1 heterocycles. The van der Waals surface area contributed by atoms with Gasteiger partial charge in [-0.3, -0.25) is 0 Å². The SMILES string of the molecule is CC1Cc2cc(C3(CCN)CC3)ccc2O1. The zero-order chi connectivity index (χ0) is 11.2. The molecule has 3 rings (SSSR count). The summed E-state index contributed by atoms with van der Waals surface area (Å²) < 4.78 is 5.73. The second kappa shape index (κ2) is 3.49. The zero-order valence-corrected chi connectivity index (χ0v) is 9.83. The van der Waals surface area contributed by atoms with Crippen molar-refractivity contribution in [2.75, 3.05) is 6.54 Å². The Kier molecular flexibility index (Phi) is 2.21. The van der Waals surface area contributed by atoms with Crippen molar-refractivity contribution < 1.29 is 4.74 Å². The Hall–Kier alpha value is -1.02. The van der Waals surface area contributed by atoms with Crippen molar-refractivity contribution in [2.24, 2.45) is 5.73 Å². The van der Waals surface area contributed by atoms with Crippen LogP contribution < -0.4 is 10.5 Å². The van der Waals surface area contributed by atoms with Gasteiger partial charge in [-0.2, -0.15) is 0 Å². The molecular weight excluding hydrogens is 198 g/mol. The molecule has 2 N–H and O–H groups in total. The van der Waals surface area contributed by atoms with Crippen molar-refractivity contribution in [1.82, 2.24) is 0 Å². The maximum atomic E-state index is 5.73. The highest BCUT2D eigenvalue weighted by atomic mass is 16.5. The Balaban J connectivity index is 1.91. The van der Waals surface area contributed by atoms with Crippen molar-refractivity contribution in [3.8, 4) is 5.75 Å². The molecule has 1 aromatic carbocycles. The lowest BCUT2D eigenvalue weighted by Gasteiger charge is -2.15. The molecule has 0 radical (unpaired) electrons. The fraction of sp³-hybridized carbons (Fsp3) is 0.571. The summed E-state index contributed by atoms with van der Waals surface area (Å²) in [4.78, 5) is 0. The zero-order valence-electron chi connectivity index (χ0n) is 9.83. The van der Waals surface area contributed by atoms with Gasteiger partial charge < -0.3 is 10.5 Å². The standard InChI is InChI=1S/C14H19NO/c1-10-8-11-9-12(2-3-13(11)16-10)14(4-5-14)6-7-15/h2-3,9-10H,4-8,15H2,1H3. The van der Waals surface area contributed by atoms with Crippen molar-refractivity contribution >= 4 is 0 Å². The van der Waals surface area contributed by atoms with Crippen LogP contribution in [-0.4, -0.2) is 12.6 Å². The molecule has 1 saturated carbocycles. The second-order valence-corrected chi connectivity index (χ2v) is 5.27. The van der Waals surface area contributed by atoms with Crippen LogP contribution in [0.25, 0.3) is 0 Å². The van der Waals surface area contributed by atoms with Gasteiger partial charge in [0.25, 0.3) is 0 Å². The molecule has 1 aliphatic carbocycles. The molecular formula is C14H19NO. The van der Waals surface area contributed by atoms with Crippen LogP contribution in [0.1, 0.15) is 37.3 Å². The minimum absolute atomic E-state index is 0.343. The first-order valence-electron chi connectivity index (χ1n) is 6.24. The normalized spacial score (nSPS) is 25.0. The molecule has 1 unspecified atom stereocenters. The molecule has 1 aromatic rings. The summed E-state index contributed by atoms with van der Waals surface area (Å²) in [7, 11) is 0. The quantitative estimate of drug-likeness (QED) is 0.843. The van der Waals surface area contributed by atoms with Crippen LogP contribution in [0.3, 0.4) is 0 Å². The van der Waals surface area contributed by atoms with E-state index in [0.29, 0.717) is 11.5 Å². The van der Waals surface area contributed by atoms with Gasteiger partial charge in [0.2, 0.25) is 0 Å². The first kappa shape index (κ1) is 10.2. The van der Waals surface area contributed by atoms with Gasteiger partial charge in [0.1, 0.15) is 11.9 Å². The van der Waals surface area contributed by atoms with Gasteiger partial charge in [-0.15, -0.1) is 0 Å². The van der Waals surface area contributed by atoms with E-state index < -0.39 is 0 Å². The Morgan fingerprint density at radius 2 is 2.25 bits per heavy atom. The Bertz CT molecular complexity index is 409. The lowest BCUT2D eigenvalue weighted by Crippen LogP contribution is -2.13. The lowest BCUT2D eigenvalue weighted by atomic mass is 9.90. The van der Waals surface area contributed by atoms with E-state index in [1.165, 1.54) is 24.0 Å². The van der Waals surface area contributed by atoms with E-state index in [-0.39, 0.29) is 0 Å². The summed E-state index contributed by atoms with van der Waals surface area (Å²) in [5, 5.41) is 0. The molecule has 0 aromatic heterocycles. The first-order valence-corrected chi connectivity index (χ1v) is 6.24. The van der Waals surface area contributed by atoms with Crippen LogP contribution in [0.2, 0.25) is 0 Å². The maximum Gasteiger partial charge on any atom is 0.123 e. The first-order chi connectivity index (χ1) is 7.73. The van der Waals surface area contributed by atoms with Crippen LogP contribution in [0.15, 0.2) is 18.2 Å². The van der Waals surface area contributed by atoms with E-state index in [4.69, 9.17) is 10.5 Å². The van der Waals surface area contributed by atoms with Gasteiger partial charge in [0.15, 0.2) is 0 Å². The van der Waals surface area contributed by atoms with Crippen LogP contribution in [0.4, 0.5) is 0 Å². The van der Waals surface area contributed by atoms with E-state index in [0.717, 1.165) is 25.1 Å². The number of benzene rings is 1. The number of nitrogens with two attached hydrogens (primary N) is 1. The predicted octanol–water partition coefficient (Wildman–Crippen LogP) is 2.39. The van der Waals surface area contributed by atoms with Gasteiger partial charge in [-0.05, 0) is 55.3 Å². The molecule has 2 nitrogen and oxygen atoms in total. The highest BCUT2D eigenvalue weighted by Gasteiger charge is 2.43. The number of ether oxygens (including phenoxy) is 1. The molecule has 0 spiro atoms. The minimum Gasteiger partial charge on any atom is -0.490 e. The molecule has 1 fully saturated rings.